The van der Waals surface area contributed by atoms with Crippen LogP contribution in [-0.4, -0.2) is 5.78 Å². The number of Topliss-reactive ketones (excluding diaryl/α,β-unsaturated/α-hetero) is 1. The molecule has 0 bridgehead atoms. The van der Waals surface area contributed by atoms with E-state index >= 15 is 0 Å². The number of allylic oxidation sites excluding steroid dienone is 1. The Morgan fingerprint density at radius 2 is 1.94 bits per heavy atom. The molecule has 0 heterocycles. The highest BCUT2D eigenvalue weighted by atomic mass is 16.1. The molecule has 0 amide bonds. The SMILES string of the molecule is CCc1ccccc1N/C=C1\CCCCCC1=O. The second kappa shape index (κ2) is 6.39. The molecule has 2 rings (SSSR count). The number of carbonyl (C=O) groups excluding carboxylic acids is 1. The van der Waals surface area contributed by atoms with Gasteiger partial charge in [-0.2, -0.15) is 0 Å². The van der Waals surface area contributed by atoms with Crippen LogP contribution in [0.3, 0.4) is 0 Å². The normalized spacial score (nSPS) is 18.7. The minimum absolute atomic E-state index is 0.314. The van der Waals surface area contributed by atoms with Crippen LogP contribution in [0.2, 0.25) is 0 Å². The number of rotatable bonds is 3. The Balaban J connectivity index is 2.11. The molecule has 1 aromatic rings. The van der Waals surface area contributed by atoms with Crippen molar-refractivity contribution in [3.05, 3.63) is 41.6 Å². The Hall–Kier alpha value is -1.57. The van der Waals surface area contributed by atoms with Gasteiger partial charge in [0.15, 0.2) is 5.78 Å². The van der Waals surface area contributed by atoms with Crippen LogP contribution in [0.4, 0.5) is 5.69 Å². The number of hydrogen-bond acceptors (Lipinski definition) is 2. The number of nitrogens with one attached hydrogen (secondary N) is 1. The smallest absolute Gasteiger partial charge is 0.160 e. The monoisotopic (exact) mass is 243 g/mol. The van der Waals surface area contributed by atoms with E-state index in [1.54, 1.807) is 0 Å². The molecule has 1 saturated carbocycles. The van der Waals surface area contributed by atoms with Crippen LogP contribution < -0.4 is 5.32 Å². The van der Waals surface area contributed by atoms with Gasteiger partial charge in [-0.1, -0.05) is 31.5 Å². The predicted molar refractivity (Wildman–Crippen MR) is 75.6 cm³/mol. The van der Waals surface area contributed by atoms with Gasteiger partial charge >= 0.3 is 0 Å². The van der Waals surface area contributed by atoms with Gasteiger partial charge in [0.2, 0.25) is 0 Å². The summed E-state index contributed by atoms with van der Waals surface area (Å²) in [6, 6.07) is 8.26. The summed E-state index contributed by atoms with van der Waals surface area (Å²) in [5, 5.41) is 3.31. The highest BCUT2D eigenvalue weighted by molar-refractivity contribution is 5.95. The predicted octanol–water partition coefficient (Wildman–Crippen LogP) is 4.08. The van der Waals surface area contributed by atoms with E-state index in [2.05, 4.69) is 24.4 Å². The molecule has 2 nitrogen and oxygen atoms in total. The van der Waals surface area contributed by atoms with Crippen molar-refractivity contribution in [2.24, 2.45) is 0 Å². The van der Waals surface area contributed by atoms with Crippen LogP contribution in [-0.2, 0) is 11.2 Å². The standard InChI is InChI=1S/C16H21NO/c1-2-13-8-6-7-10-15(13)17-12-14-9-4-3-5-11-16(14)18/h6-8,10,12,17H,2-5,9,11H2,1H3/b14-12+. The summed E-state index contributed by atoms with van der Waals surface area (Å²) in [5.41, 5.74) is 3.36. The molecule has 1 aliphatic rings. The summed E-state index contributed by atoms with van der Waals surface area (Å²) in [7, 11) is 0. The average molecular weight is 243 g/mol. The maximum absolute atomic E-state index is 11.9. The Labute approximate surface area is 109 Å². The van der Waals surface area contributed by atoms with E-state index in [4.69, 9.17) is 0 Å². The van der Waals surface area contributed by atoms with Crippen LogP contribution in [0.1, 0.15) is 44.6 Å². The number of aryl methyl sites for hydroxylation is 1. The third kappa shape index (κ3) is 3.22. The second-order valence-corrected chi connectivity index (χ2v) is 4.81. The second-order valence-electron chi connectivity index (χ2n) is 4.81. The van der Waals surface area contributed by atoms with Crippen LogP contribution in [0.15, 0.2) is 36.0 Å². The summed E-state index contributed by atoms with van der Waals surface area (Å²) >= 11 is 0. The van der Waals surface area contributed by atoms with Crippen molar-refractivity contribution in [2.45, 2.75) is 45.4 Å². The fourth-order valence-corrected chi connectivity index (χ4v) is 2.36. The zero-order valence-electron chi connectivity index (χ0n) is 11.0. The van der Waals surface area contributed by atoms with E-state index < -0.39 is 0 Å². The zero-order valence-corrected chi connectivity index (χ0v) is 11.0. The largest absolute Gasteiger partial charge is 0.361 e. The fraction of sp³-hybridized carbons (Fsp3) is 0.438. The maximum Gasteiger partial charge on any atom is 0.160 e. The van der Waals surface area contributed by atoms with E-state index in [0.29, 0.717) is 12.2 Å². The van der Waals surface area contributed by atoms with Crippen molar-refractivity contribution in [3.63, 3.8) is 0 Å². The van der Waals surface area contributed by atoms with Gasteiger partial charge < -0.3 is 5.32 Å². The summed E-state index contributed by atoms with van der Waals surface area (Å²) in [6.07, 6.45) is 7.90. The topological polar surface area (TPSA) is 29.1 Å². The molecule has 0 aromatic heterocycles. The molecule has 18 heavy (non-hydrogen) atoms. The molecule has 0 atom stereocenters. The van der Waals surface area contributed by atoms with Gasteiger partial charge in [0.25, 0.3) is 0 Å². The minimum atomic E-state index is 0.314. The number of hydrogen-bond donors (Lipinski definition) is 1. The molecular formula is C16H21NO. The molecule has 0 unspecified atom stereocenters. The van der Waals surface area contributed by atoms with E-state index in [9.17, 15) is 4.79 Å². The molecule has 96 valence electrons. The number of ketones is 1. The molecule has 1 N–H and O–H groups in total. The van der Waals surface area contributed by atoms with Crippen molar-refractivity contribution in [3.8, 4) is 0 Å². The van der Waals surface area contributed by atoms with Gasteiger partial charge in [-0.15, -0.1) is 0 Å². The first kappa shape index (κ1) is 12.9. The van der Waals surface area contributed by atoms with Gasteiger partial charge in [0.1, 0.15) is 0 Å². The molecule has 0 radical (unpaired) electrons. The van der Waals surface area contributed by atoms with Crippen molar-refractivity contribution >= 4 is 11.5 Å². The lowest BCUT2D eigenvalue weighted by Crippen LogP contribution is -2.03. The lowest BCUT2D eigenvalue weighted by atomic mass is 10.1. The van der Waals surface area contributed by atoms with E-state index in [-0.39, 0.29) is 0 Å². The number of benzene rings is 1. The molecule has 2 heteroatoms. The Morgan fingerprint density at radius 1 is 1.17 bits per heavy atom. The van der Waals surface area contributed by atoms with Crippen molar-refractivity contribution in [1.29, 1.82) is 0 Å². The lowest BCUT2D eigenvalue weighted by Gasteiger charge is -2.08. The Kier molecular flexibility index (Phi) is 4.57. The number of para-hydroxylation sites is 1. The molecule has 1 fully saturated rings. The van der Waals surface area contributed by atoms with Crippen LogP contribution >= 0.6 is 0 Å². The van der Waals surface area contributed by atoms with Crippen molar-refractivity contribution < 1.29 is 4.79 Å². The van der Waals surface area contributed by atoms with E-state index in [1.165, 1.54) is 12.0 Å². The Morgan fingerprint density at radius 3 is 2.78 bits per heavy atom. The number of anilines is 1. The molecule has 0 aliphatic heterocycles. The van der Waals surface area contributed by atoms with Gasteiger partial charge in [-0.05, 0) is 37.3 Å². The highest BCUT2D eigenvalue weighted by Crippen LogP contribution is 2.21. The highest BCUT2D eigenvalue weighted by Gasteiger charge is 2.13. The maximum atomic E-state index is 11.9. The number of carbonyl (C=O) groups is 1. The third-order valence-corrected chi connectivity index (χ3v) is 3.51. The van der Waals surface area contributed by atoms with E-state index in [1.807, 2.05) is 18.3 Å². The van der Waals surface area contributed by atoms with Crippen molar-refractivity contribution in [2.75, 3.05) is 5.32 Å². The van der Waals surface area contributed by atoms with Gasteiger partial charge in [0, 0.05) is 23.9 Å². The average Bonchev–Trinajstić information content (AvgIpc) is 2.61. The summed E-state index contributed by atoms with van der Waals surface area (Å²) in [5.74, 6) is 0.314. The first-order valence-corrected chi connectivity index (χ1v) is 6.88. The molecular weight excluding hydrogens is 222 g/mol. The van der Waals surface area contributed by atoms with Gasteiger partial charge in [0.05, 0.1) is 0 Å². The minimum Gasteiger partial charge on any atom is -0.361 e. The quantitative estimate of drug-likeness (QED) is 0.640. The summed E-state index contributed by atoms with van der Waals surface area (Å²) < 4.78 is 0. The van der Waals surface area contributed by atoms with Gasteiger partial charge in [-0.3, -0.25) is 4.79 Å². The van der Waals surface area contributed by atoms with E-state index in [0.717, 1.165) is 36.9 Å². The van der Waals surface area contributed by atoms with Crippen molar-refractivity contribution in [1.82, 2.24) is 0 Å². The van der Waals surface area contributed by atoms with Crippen LogP contribution in [0.5, 0.6) is 0 Å². The Bertz CT molecular complexity index is 448. The summed E-state index contributed by atoms with van der Waals surface area (Å²) in [6.45, 7) is 2.14. The molecule has 0 saturated heterocycles. The van der Waals surface area contributed by atoms with Crippen LogP contribution in [0, 0.1) is 0 Å². The lowest BCUT2D eigenvalue weighted by molar-refractivity contribution is -0.115. The molecule has 1 aliphatic carbocycles. The first-order valence-electron chi connectivity index (χ1n) is 6.88. The fourth-order valence-electron chi connectivity index (χ4n) is 2.36. The van der Waals surface area contributed by atoms with Gasteiger partial charge in [-0.25, -0.2) is 0 Å². The zero-order chi connectivity index (χ0) is 12.8. The first-order chi connectivity index (χ1) is 8.81. The van der Waals surface area contributed by atoms with Crippen LogP contribution in [0.25, 0.3) is 0 Å². The molecule has 0 spiro atoms. The third-order valence-electron chi connectivity index (χ3n) is 3.51. The molecule has 1 aromatic carbocycles. The summed E-state index contributed by atoms with van der Waals surface area (Å²) in [4.78, 5) is 11.9.